The van der Waals surface area contributed by atoms with E-state index in [2.05, 4.69) is 15.3 Å². The number of carbonyl (C=O) groups is 1. The van der Waals surface area contributed by atoms with Crippen LogP contribution in [-0.2, 0) is 0 Å². The minimum atomic E-state index is -0.317. The number of nitrogens with zero attached hydrogens (tertiary/aromatic N) is 3. The molecule has 132 valence electrons. The number of para-hydroxylation sites is 3. The van der Waals surface area contributed by atoms with Crippen LogP contribution in [0.5, 0.6) is 5.75 Å². The molecule has 3 rings (SSSR count). The highest BCUT2D eigenvalue weighted by molar-refractivity contribution is 6.04. The van der Waals surface area contributed by atoms with Crippen LogP contribution in [0.15, 0.2) is 60.7 Å². The van der Waals surface area contributed by atoms with E-state index < -0.39 is 0 Å². The lowest BCUT2D eigenvalue weighted by molar-refractivity contribution is 0.102. The number of anilines is 3. The van der Waals surface area contributed by atoms with Crippen molar-refractivity contribution in [2.75, 3.05) is 24.4 Å². The van der Waals surface area contributed by atoms with Crippen LogP contribution in [0, 0.1) is 6.92 Å². The number of hydrogen-bond acceptors (Lipinski definition) is 5. The SMILES string of the molecule is COc1ccccc1NC(=O)c1cc(N(C)c2ccccc2)nc(C)n1. The molecular formula is C20H20N4O2. The molecule has 0 bridgehead atoms. The Morgan fingerprint density at radius 2 is 1.73 bits per heavy atom. The quantitative estimate of drug-likeness (QED) is 0.759. The summed E-state index contributed by atoms with van der Waals surface area (Å²) in [7, 11) is 3.46. The van der Waals surface area contributed by atoms with Crippen LogP contribution in [0.3, 0.4) is 0 Å². The number of nitrogens with one attached hydrogen (secondary N) is 1. The zero-order valence-electron chi connectivity index (χ0n) is 14.9. The molecule has 3 aromatic rings. The molecule has 0 aliphatic heterocycles. The van der Waals surface area contributed by atoms with Gasteiger partial charge < -0.3 is 15.0 Å². The molecule has 0 spiro atoms. The van der Waals surface area contributed by atoms with Gasteiger partial charge in [-0.1, -0.05) is 30.3 Å². The van der Waals surface area contributed by atoms with Crippen molar-refractivity contribution in [1.29, 1.82) is 0 Å². The first-order valence-electron chi connectivity index (χ1n) is 8.17. The van der Waals surface area contributed by atoms with Crippen molar-refractivity contribution in [3.05, 3.63) is 72.2 Å². The molecule has 1 heterocycles. The summed E-state index contributed by atoms with van der Waals surface area (Å²) in [5.41, 5.74) is 1.86. The summed E-state index contributed by atoms with van der Waals surface area (Å²) in [4.78, 5) is 23.3. The zero-order chi connectivity index (χ0) is 18.5. The number of hydrogen-bond donors (Lipinski definition) is 1. The number of benzene rings is 2. The fourth-order valence-electron chi connectivity index (χ4n) is 2.56. The number of amides is 1. The summed E-state index contributed by atoms with van der Waals surface area (Å²) in [5, 5.41) is 2.84. The van der Waals surface area contributed by atoms with Gasteiger partial charge in [0.25, 0.3) is 5.91 Å². The molecular weight excluding hydrogens is 328 g/mol. The molecule has 26 heavy (non-hydrogen) atoms. The van der Waals surface area contributed by atoms with E-state index >= 15 is 0 Å². The van der Waals surface area contributed by atoms with Crippen LogP contribution in [0.25, 0.3) is 0 Å². The minimum absolute atomic E-state index is 0.293. The van der Waals surface area contributed by atoms with Crippen LogP contribution in [0.1, 0.15) is 16.3 Å². The highest BCUT2D eigenvalue weighted by Crippen LogP contribution is 2.25. The van der Waals surface area contributed by atoms with Gasteiger partial charge in [-0.3, -0.25) is 4.79 Å². The maximum Gasteiger partial charge on any atom is 0.274 e. The first-order chi connectivity index (χ1) is 12.6. The Kier molecular flexibility index (Phi) is 5.12. The molecule has 0 saturated carbocycles. The fourth-order valence-corrected chi connectivity index (χ4v) is 2.56. The van der Waals surface area contributed by atoms with Crippen molar-refractivity contribution in [3.63, 3.8) is 0 Å². The summed E-state index contributed by atoms with van der Waals surface area (Å²) in [6, 6.07) is 18.7. The van der Waals surface area contributed by atoms with E-state index in [0.29, 0.717) is 28.8 Å². The summed E-state index contributed by atoms with van der Waals surface area (Å²) in [5.74, 6) is 1.44. The minimum Gasteiger partial charge on any atom is -0.495 e. The number of rotatable bonds is 5. The van der Waals surface area contributed by atoms with E-state index in [1.54, 1.807) is 32.2 Å². The fraction of sp³-hybridized carbons (Fsp3) is 0.150. The normalized spacial score (nSPS) is 10.3. The van der Waals surface area contributed by atoms with Gasteiger partial charge in [0.15, 0.2) is 0 Å². The molecule has 6 nitrogen and oxygen atoms in total. The third-order valence-electron chi connectivity index (χ3n) is 3.90. The molecule has 2 aromatic carbocycles. The van der Waals surface area contributed by atoms with Gasteiger partial charge in [-0.05, 0) is 31.2 Å². The van der Waals surface area contributed by atoms with Gasteiger partial charge in [-0.2, -0.15) is 0 Å². The number of aryl methyl sites for hydroxylation is 1. The highest BCUT2D eigenvalue weighted by Gasteiger charge is 2.15. The maximum atomic E-state index is 12.7. The lowest BCUT2D eigenvalue weighted by Gasteiger charge is -2.19. The molecule has 1 amide bonds. The summed E-state index contributed by atoms with van der Waals surface area (Å²) < 4.78 is 5.27. The van der Waals surface area contributed by atoms with Crippen molar-refractivity contribution in [2.24, 2.45) is 0 Å². The van der Waals surface area contributed by atoms with Gasteiger partial charge >= 0.3 is 0 Å². The van der Waals surface area contributed by atoms with Crippen molar-refractivity contribution < 1.29 is 9.53 Å². The van der Waals surface area contributed by atoms with Crippen LogP contribution in [0.2, 0.25) is 0 Å². The average molecular weight is 348 g/mol. The molecule has 1 aromatic heterocycles. The topological polar surface area (TPSA) is 67.3 Å². The monoisotopic (exact) mass is 348 g/mol. The number of ether oxygens (including phenoxy) is 1. The van der Waals surface area contributed by atoms with Gasteiger partial charge in [-0.15, -0.1) is 0 Å². The van der Waals surface area contributed by atoms with Crippen molar-refractivity contribution in [2.45, 2.75) is 6.92 Å². The van der Waals surface area contributed by atoms with Crippen LogP contribution in [-0.4, -0.2) is 30.0 Å². The molecule has 0 aliphatic rings. The standard InChI is InChI=1S/C20H20N4O2/c1-14-21-17(20(25)23-16-11-7-8-12-18(16)26-3)13-19(22-14)24(2)15-9-5-4-6-10-15/h4-13H,1-3H3,(H,23,25). The number of methoxy groups -OCH3 is 1. The molecule has 1 N–H and O–H groups in total. The van der Waals surface area contributed by atoms with E-state index in [0.717, 1.165) is 5.69 Å². The van der Waals surface area contributed by atoms with Gasteiger partial charge in [0, 0.05) is 18.8 Å². The van der Waals surface area contributed by atoms with Crippen LogP contribution in [0.4, 0.5) is 17.2 Å². The lowest BCUT2D eigenvalue weighted by Crippen LogP contribution is -2.18. The van der Waals surface area contributed by atoms with Crippen LogP contribution < -0.4 is 15.0 Å². The molecule has 0 unspecified atom stereocenters. The Bertz CT molecular complexity index is 913. The second-order valence-corrected chi connectivity index (χ2v) is 5.71. The Morgan fingerprint density at radius 3 is 2.46 bits per heavy atom. The second kappa shape index (κ2) is 7.65. The molecule has 0 aliphatic carbocycles. The first kappa shape index (κ1) is 17.4. The van der Waals surface area contributed by atoms with Gasteiger partial charge in [0.2, 0.25) is 0 Å². The lowest BCUT2D eigenvalue weighted by atomic mass is 10.2. The molecule has 0 radical (unpaired) electrons. The average Bonchev–Trinajstić information content (AvgIpc) is 2.68. The number of carbonyl (C=O) groups excluding carboxylic acids is 1. The Labute approximate surface area is 152 Å². The molecule has 0 saturated heterocycles. The van der Waals surface area contributed by atoms with Crippen molar-refractivity contribution in [3.8, 4) is 5.75 Å². The Morgan fingerprint density at radius 1 is 1.04 bits per heavy atom. The van der Waals surface area contributed by atoms with E-state index in [9.17, 15) is 4.79 Å². The molecule has 0 fully saturated rings. The predicted octanol–water partition coefficient (Wildman–Crippen LogP) is 3.81. The van der Waals surface area contributed by atoms with Crippen LogP contribution >= 0.6 is 0 Å². The van der Waals surface area contributed by atoms with Crippen molar-refractivity contribution >= 4 is 23.1 Å². The predicted molar refractivity (Wildman–Crippen MR) is 102 cm³/mol. The van der Waals surface area contributed by atoms with E-state index in [-0.39, 0.29) is 5.91 Å². The molecule has 6 heteroatoms. The van der Waals surface area contributed by atoms with Crippen molar-refractivity contribution in [1.82, 2.24) is 9.97 Å². The Balaban J connectivity index is 1.88. The largest absolute Gasteiger partial charge is 0.495 e. The highest BCUT2D eigenvalue weighted by atomic mass is 16.5. The summed E-state index contributed by atoms with van der Waals surface area (Å²) in [6.07, 6.45) is 0. The smallest absolute Gasteiger partial charge is 0.274 e. The van der Waals surface area contributed by atoms with E-state index in [1.165, 1.54) is 0 Å². The van der Waals surface area contributed by atoms with Gasteiger partial charge in [-0.25, -0.2) is 9.97 Å². The van der Waals surface area contributed by atoms with Gasteiger partial charge in [0.05, 0.1) is 12.8 Å². The first-order valence-corrected chi connectivity index (χ1v) is 8.17. The second-order valence-electron chi connectivity index (χ2n) is 5.71. The zero-order valence-corrected chi connectivity index (χ0v) is 14.9. The Hall–Kier alpha value is -3.41. The summed E-state index contributed by atoms with van der Waals surface area (Å²) >= 11 is 0. The number of aromatic nitrogens is 2. The van der Waals surface area contributed by atoms with E-state index in [4.69, 9.17) is 4.74 Å². The maximum absolute atomic E-state index is 12.7. The summed E-state index contributed by atoms with van der Waals surface area (Å²) in [6.45, 7) is 1.77. The molecule has 0 atom stereocenters. The van der Waals surface area contributed by atoms with Gasteiger partial charge in [0.1, 0.15) is 23.1 Å². The van der Waals surface area contributed by atoms with E-state index in [1.807, 2.05) is 54.4 Å². The third kappa shape index (κ3) is 3.80. The third-order valence-corrected chi connectivity index (χ3v) is 3.90.